The van der Waals surface area contributed by atoms with Gasteiger partial charge in [-0.2, -0.15) is 0 Å². The van der Waals surface area contributed by atoms with Crippen LogP contribution in [0.3, 0.4) is 0 Å². The summed E-state index contributed by atoms with van der Waals surface area (Å²) in [6.07, 6.45) is 2.30. The first-order valence-corrected chi connectivity index (χ1v) is 12.5. The van der Waals surface area contributed by atoms with Gasteiger partial charge in [-0.25, -0.2) is 4.63 Å². The Morgan fingerprint density at radius 3 is 2.33 bits per heavy atom. The number of piperidine rings is 1. The largest absolute Gasteiger partial charge is 0.497 e. The zero-order chi connectivity index (χ0) is 24.9. The molecule has 1 aromatic heterocycles. The maximum absolute atomic E-state index is 13.6. The number of aryl methyl sites for hydroxylation is 1. The number of amides is 1. The smallest absolute Gasteiger partial charge is 0.227 e. The van der Waals surface area contributed by atoms with Crippen molar-refractivity contribution in [2.45, 2.75) is 45.3 Å². The first-order valence-electron chi connectivity index (χ1n) is 12.5. The lowest BCUT2D eigenvalue weighted by atomic mass is 10.00. The minimum Gasteiger partial charge on any atom is -0.497 e. The van der Waals surface area contributed by atoms with Crippen molar-refractivity contribution in [1.82, 2.24) is 20.1 Å². The Morgan fingerprint density at radius 2 is 1.61 bits per heavy atom. The number of benzene rings is 3. The molecule has 1 aliphatic heterocycles. The summed E-state index contributed by atoms with van der Waals surface area (Å²) in [6, 6.07) is 22.6. The van der Waals surface area contributed by atoms with E-state index in [2.05, 4.69) is 57.4 Å². The van der Waals surface area contributed by atoms with Gasteiger partial charge in [0.15, 0.2) is 0 Å². The summed E-state index contributed by atoms with van der Waals surface area (Å²) in [7, 11) is 1.65. The molecule has 0 unspecified atom stereocenters. The lowest BCUT2D eigenvalue weighted by molar-refractivity contribution is -0.134. The Morgan fingerprint density at radius 1 is 0.944 bits per heavy atom. The van der Waals surface area contributed by atoms with Gasteiger partial charge in [0.25, 0.3) is 0 Å². The molecule has 0 N–H and O–H groups in total. The van der Waals surface area contributed by atoms with E-state index < -0.39 is 0 Å². The summed E-state index contributed by atoms with van der Waals surface area (Å²) >= 11 is 0. The van der Waals surface area contributed by atoms with E-state index in [1.807, 2.05) is 36.4 Å². The molecule has 4 aromatic rings. The molecule has 1 saturated heterocycles. The van der Waals surface area contributed by atoms with Gasteiger partial charge in [0.05, 0.1) is 13.5 Å². The third kappa shape index (κ3) is 5.74. The van der Waals surface area contributed by atoms with Crippen molar-refractivity contribution in [1.29, 1.82) is 0 Å². The second kappa shape index (κ2) is 10.9. The van der Waals surface area contributed by atoms with E-state index in [1.165, 1.54) is 16.7 Å². The molecule has 2 heterocycles. The molecule has 186 valence electrons. The fourth-order valence-corrected chi connectivity index (χ4v) is 4.90. The molecule has 36 heavy (non-hydrogen) atoms. The molecule has 3 aromatic carbocycles. The number of ether oxygens (including phenoxy) is 1. The summed E-state index contributed by atoms with van der Waals surface area (Å²) in [6.45, 7) is 5.46. The maximum Gasteiger partial charge on any atom is 0.227 e. The van der Waals surface area contributed by atoms with Crippen LogP contribution in [0.15, 0.2) is 71.4 Å². The molecule has 1 aliphatic rings. The number of hydrogen-bond donors (Lipinski definition) is 0. The van der Waals surface area contributed by atoms with E-state index in [0.717, 1.165) is 54.8 Å². The number of hydrogen-bond acceptors (Lipinski definition) is 6. The van der Waals surface area contributed by atoms with Gasteiger partial charge in [-0.3, -0.25) is 9.69 Å². The third-order valence-corrected chi connectivity index (χ3v) is 7.03. The molecule has 5 rings (SSSR count). The van der Waals surface area contributed by atoms with Gasteiger partial charge >= 0.3 is 0 Å². The molecule has 1 amide bonds. The van der Waals surface area contributed by atoms with Crippen LogP contribution in [0.1, 0.15) is 35.1 Å². The van der Waals surface area contributed by atoms with E-state index in [0.29, 0.717) is 13.0 Å². The summed E-state index contributed by atoms with van der Waals surface area (Å²) in [5.74, 6) is 0.970. The number of nitrogens with zero attached hydrogens (tertiary/aromatic N) is 4. The molecule has 7 heteroatoms. The van der Waals surface area contributed by atoms with Crippen LogP contribution in [-0.4, -0.2) is 52.3 Å². The van der Waals surface area contributed by atoms with Gasteiger partial charge in [0.1, 0.15) is 16.8 Å². The van der Waals surface area contributed by atoms with Crippen molar-refractivity contribution < 1.29 is 14.2 Å². The van der Waals surface area contributed by atoms with E-state index >= 15 is 0 Å². The zero-order valence-electron chi connectivity index (χ0n) is 20.9. The van der Waals surface area contributed by atoms with Crippen LogP contribution in [0, 0.1) is 6.92 Å². The first kappa shape index (κ1) is 24.0. The number of methoxy groups -OCH3 is 1. The lowest BCUT2D eigenvalue weighted by Crippen LogP contribution is -2.47. The number of aromatic nitrogens is 2. The van der Waals surface area contributed by atoms with Crippen LogP contribution in [0.4, 0.5) is 0 Å². The molecule has 0 spiro atoms. The third-order valence-electron chi connectivity index (χ3n) is 7.03. The van der Waals surface area contributed by atoms with Crippen molar-refractivity contribution in [3.63, 3.8) is 0 Å². The molecule has 0 atom stereocenters. The van der Waals surface area contributed by atoms with Crippen LogP contribution in [0.2, 0.25) is 0 Å². The summed E-state index contributed by atoms with van der Waals surface area (Å²) < 4.78 is 10.1. The Kier molecular flexibility index (Phi) is 7.28. The standard InChI is InChI=1S/C29H32N4O3/c1-21-3-5-23(6-4-21)20-33(29(34)18-22-7-10-26(35-2)11-8-22)25-13-15-32(16-14-25)19-24-9-12-27-28(17-24)31-36-30-27/h3-12,17,25H,13-16,18-20H2,1-2H3. The minimum absolute atomic E-state index is 0.170. The average molecular weight is 485 g/mol. The molecular formula is C29H32N4O3. The fourth-order valence-electron chi connectivity index (χ4n) is 4.90. The van der Waals surface area contributed by atoms with E-state index in [4.69, 9.17) is 9.37 Å². The number of carbonyl (C=O) groups is 1. The Balaban J connectivity index is 1.26. The first-order chi connectivity index (χ1) is 17.6. The van der Waals surface area contributed by atoms with Crippen LogP contribution >= 0.6 is 0 Å². The summed E-state index contributed by atoms with van der Waals surface area (Å²) in [5, 5.41) is 7.85. The molecule has 0 radical (unpaired) electrons. The predicted molar refractivity (Wildman–Crippen MR) is 139 cm³/mol. The second-order valence-electron chi connectivity index (χ2n) is 9.63. The maximum atomic E-state index is 13.6. The van der Waals surface area contributed by atoms with Crippen molar-refractivity contribution in [3.05, 3.63) is 89.0 Å². The lowest BCUT2D eigenvalue weighted by Gasteiger charge is -2.39. The number of fused-ring (bicyclic) bond motifs is 1. The highest BCUT2D eigenvalue weighted by atomic mass is 16.6. The van der Waals surface area contributed by atoms with Crippen molar-refractivity contribution >= 4 is 16.9 Å². The zero-order valence-corrected chi connectivity index (χ0v) is 20.9. The van der Waals surface area contributed by atoms with E-state index in [1.54, 1.807) is 7.11 Å². The van der Waals surface area contributed by atoms with Gasteiger partial charge in [-0.15, -0.1) is 0 Å². The molecule has 0 saturated carbocycles. The number of rotatable bonds is 8. The molecular weight excluding hydrogens is 452 g/mol. The highest BCUT2D eigenvalue weighted by molar-refractivity contribution is 5.79. The van der Waals surface area contributed by atoms with Gasteiger partial charge < -0.3 is 9.64 Å². The van der Waals surface area contributed by atoms with Crippen LogP contribution in [0.5, 0.6) is 5.75 Å². The minimum atomic E-state index is 0.170. The number of likely N-dealkylation sites (tertiary alicyclic amines) is 1. The Bertz CT molecular complexity index is 1290. The van der Waals surface area contributed by atoms with Crippen molar-refractivity contribution in [3.8, 4) is 5.75 Å². The average Bonchev–Trinajstić information content (AvgIpc) is 3.37. The van der Waals surface area contributed by atoms with Gasteiger partial charge in [0.2, 0.25) is 5.91 Å². The topological polar surface area (TPSA) is 71.7 Å². The van der Waals surface area contributed by atoms with Gasteiger partial charge in [0, 0.05) is 32.2 Å². The quantitative estimate of drug-likeness (QED) is 0.359. The molecule has 0 aliphatic carbocycles. The molecule has 0 bridgehead atoms. The van der Waals surface area contributed by atoms with E-state index in [-0.39, 0.29) is 11.9 Å². The summed E-state index contributed by atoms with van der Waals surface area (Å²) in [4.78, 5) is 18.1. The molecule has 1 fully saturated rings. The Labute approximate surface area is 211 Å². The van der Waals surface area contributed by atoms with Crippen molar-refractivity contribution in [2.75, 3.05) is 20.2 Å². The SMILES string of the molecule is COc1ccc(CC(=O)N(Cc2ccc(C)cc2)C2CCN(Cc3ccc4nonc4c3)CC2)cc1. The van der Waals surface area contributed by atoms with Crippen LogP contribution < -0.4 is 4.74 Å². The number of carbonyl (C=O) groups excluding carboxylic acids is 1. The molecule has 7 nitrogen and oxygen atoms in total. The van der Waals surface area contributed by atoms with Gasteiger partial charge in [-0.1, -0.05) is 48.0 Å². The highest BCUT2D eigenvalue weighted by Gasteiger charge is 2.28. The fraction of sp³-hybridized carbons (Fsp3) is 0.345. The highest BCUT2D eigenvalue weighted by Crippen LogP contribution is 2.23. The predicted octanol–water partition coefficient (Wildman–Crippen LogP) is 4.78. The van der Waals surface area contributed by atoms with Crippen LogP contribution in [0.25, 0.3) is 11.0 Å². The van der Waals surface area contributed by atoms with Crippen LogP contribution in [-0.2, 0) is 24.3 Å². The van der Waals surface area contributed by atoms with Crippen molar-refractivity contribution in [2.24, 2.45) is 0 Å². The summed E-state index contributed by atoms with van der Waals surface area (Å²) in [5.41, 5.74) is 6.16. The Hall–Kier alpha value is -3.71. The second-order valence-corrected chi connectivity index (χ2v) is 9.63. The van der Waals surface area contributed by atoms with E-state index in [9.17, 15) is 4.79 Å². The normalized spacial score (nSPS) is 14.7. The van der Waals surface area contributed by atoms with Gasteiger partial charge in [-0.05, 0) is 71.0 Å². The monoisotopic (exact) mass is 484 g/mol.